The molecule has 0 aromatic heterocycles. The average molecular weight is 264 g/mol. The Morgan fingerprint density at radius 3 is 2.45 bits per heavy atom. The first-order valence-electron chi connectivity index (χ1n) is 6.57. The predicted octanol–water partition coefficient (Wildman–Crippen LogP) is 3.80. The summed E-state index contributed by atoms with van der Waals surface area (Å²) in [5.41, 5.74) is 2.26. The van der Waals surface area contributed by atoms with Crippen LogP contribution < -0.4 is 9.75 Å². The largest absolute Gasteiger partial charge is 0.497 e. The molecule has 100 valence electrons. The number of ether oxygens (including phenoxy) is 1. The van der Waals surface area contributed by atoms with Gasteiger partial charge in [0.2, 0.25) is 0 Å². The molecule has 20 heavy (non-hydrogen) atoms. The lowest BCUT2D eigenvalue weighted by molar-refractivity contribution is 0.415. The highest BCUT2D eigenvalue weighted by molar-refractivity contribution is 5.75. The zero-order valence-corrected chi connectivity index (χ0v) is 11.3. The third-order valence-electron chi connectivity index (χ3n) is 3.31. The van der Waals surface area contributed by atoms with Crippen LogP contribution in [0.4, 0.5) is 5.69 Å². The van der Waals surface area contributed by atoms with Gasteiger partial charge < -0.3 is 4.74 Å². The van der Waals surface area contributed by atoms with Crippen LogP contribution in [0.3, 0.4) is 0 Å². The van der Waals surface area contributed by atoms with Crippen molar-refractivity contribution in [3.8, 4) is 5.75 Å². The average Bonchev–Trinajstić information content (AvgIpc) is 2.56. The summed E-state index contributed by atoms with van der Waals surface area (Å²) in [4.78, 5) is 0. The molecule has 3 rings (SSSR count). The number of benzene rings is 2. The lowest BCUT2D eigenvalue weighted by Gasteiger charge is -2.29. The molecule has 3 heteroatoms. The molecular weight excluding hydrogens is 248 g/mol. The number of methoxy groups -OCH3 is 1. The summed E-state index contributed by atoms with van der Waals surface area (Å²) in [6.07, 6.45) is 5.94. The van der Waals surface area contributed by atoms with Crippen LogP contribution in [0.25, 0.3) is 0 Å². The monoisotopic (exact) mass is 264 g/mol. The number of rotatable bonds is 3. The van der Waals surface area contributed by atoms with Gasteiger partial charge in [0.15, 0.2) is 0 Å². The maximum absolute atomic E-state index is 5.20. The topological polar surface area (TPSA) is 24.8 Å². The number of nitrogens with zero attached hydrogens (tertiary/aromatic N) is 2. The van der Waals surface area contributed by atoms with Crippen LogP contribution in [0.15, 0.2) is 71.9 Å². The van der Waals surface area contributed by atoms with Gasteiger partial charge in [-0.2, -0.15) is 5.10 Å². The van der Waals surface area contributed by atoms with Gasteiger partial charge in [-0.1, -0.05) is 36.4 Å². The predicted molar refractivity (Wildman–Crippen MR) is 82.3 cm³/mol. The van der Waals surface area contributed by atoms with E-state index < -0.39 is 0 Å². The summed E-state index contributed by atoms with van der Waals surface area (Å²) in [6, 6.07) is 18.4. The molecule has 0 saturated carbocycles. The van der Waals surface area contributed by atoms with Crippen molar-refractivity contribution in [3.05, 3.63) is 72.3 Å². The number of hydrogen-bond acceptors (Lipinski definition) is 3. The molecule has 1 aliphatic heterocycles. The molecule has 1 aliphatic rings. The van der Waals surface area contributed by atoms with Crippen LogP contribution in [-0.2, 0) is 0 Å². The smallest absolute Gasteiger partial charge is 0.119 e. The number of anilines is 1. The number of hydrazone groups is 1. The minimum Gasteiger partial charge on any atom is -0.497 e. The van der Waals surface area contributed by atoms with Crippen molar-refractivity contribution in [3.63, 3.8) is 0 Å². The lowest BCUT2D eigenvalue weighted by atomic mass is 10.0. The van der Waals surface area contributed by atoms with E-state index in [2.05, 4.69) is 23.3 Å². The van der Waals surface area contributed by atoms with Crippen molar-refractivity contribution >= 4 is 11.9 Å². The van der Waals surface area contributed by atoms with Gasteiger partial charge in [0.05, 0.1) is 18.8 Å². The van der Waals surface area contributed by atoms with Crippen LogP contribution in [0.1, 0.15) is 11.6 Å². The Hall–Kier alpha value is -2.55. The van der Waals surface area contributed by atoms with Crippen LogP contribution in [0.2, 0.25) is 0 Å². The first kappa shape index (κ1) is 12.5. The number of allylic oxidation sites excluding steroid dienone is 1. The van der Waals surface area contributed by atoms with Crippen LogP contribution in [0, 0.1) is 0 Å². The van der Waals surface area contributed by atoms with Crippen molar-refractivity contribution in [2.75, 3.05) is 12.1 Å². The first-order chi connectivity index (χ1) is 9.88. The second-order valence-electron chi connectivity index (χ2n) is 4.55. The molecule has 0 aliphatic carbocycles. The molecule has 0 spiro atoms. The fourth-order valence-corrected chi connectivity index (χ4v) is 2.28. The fourth-order valence-electron chi connectivity index (χ4n) is 2.28. The van der Waals surface area contributed by atoms with E-state index in [9.17, 15) is 0 Å². The standard InChI is InChI=1S/C17H16N2O/c1-20-16-11-9-15(10-12-16)19-17(8-5-13-18-19)14-6-3-2-4-7-14/h2-13,17H,1H3. The van der Waals surface area contributed by atoms with E-state index >= 15 is 0 Å². The quantitative estimate of drug-likeness (QED) is 0.842. The van der Waals surface area contributed by atoms with Crippen LogP contribution >= 0.6 is 0 Å². The van der Waals surface area contributed by atoms with E-state index in [-0.39, 0.29) is 6.04 Å². The number of hydrogen-bond donors (Lipinski definition) is 0. The Balaban J connectivity index is 1.93. The van der Waals surface area contributed by atoms with E-state index in [0.29, 0.717) is 0 Å². The van der Waals surface area contributed by atoms with Gasteiger partial charge in [-0.15, -0.1) is 0 Å². The van der Waals surface area contributed by atoms with Crippen molar-refractivity contribution in [1.29, 1.82) is 0 Å². The van der Waals surface area contributed by atoms with Gasteiger partial charge in [-0.25, -0.2) is 0 Å². The van der Waals surface area contributed by atoms with E-state index in [1.807, 2.05) is 59.8 Å². The summed E-state index contributed by atoms with van der Waals surface area (Å²) in [6.45, 7) is 0. The van der Waals surface area contributed by atoms with Crippen molar-refractivity contribution < 1.29 is 4.74 Å². The Kier molecular flexibility index (Phi) is 3.50. The van der Waals surface area contributed by atoms with Gasteiger partial charge in [0.1, 0.15) is 5.75 Å². The summed E-state index contributed by atoms with van der Waals surface area (Å²) >= 11 is 0. The maximum Gasteiger partial charge on any atom is 0.119 e. The van der Waals surface area contributed by atoms with Gasteiger partial charge in [-0.3, -0.25) is 5.01 Å². The van der Waals surface area contributed by atoms with Crippen LogP contribution in [-0.4, -0.2) is 13.3 Å². The highest BCUT2D eigenvalue weighted by Gasteiger charge is 2.19. The van der Waals surface area contributed by atoms with E-state index in [1.165, 1.54) is 5.56 Å². The second kappa shape index (κ2) is 5.61. The van der Waals surface area contributed by atoms with Gasteiger partial charge in [0, 0.05) is 6.21 Å². The highest BCUT2D eigenvalue weighted by atomic mass is 16.5. The van der Waals surface area contributed by atoms with E-state index in [1.54, 1.807) is 7.11 Å². The molecular formula is C17H16N2O. The summed E-state index contributed by atoms with van der Waals surface area (Å²) < 4.78 is 5.20. The molecule has 0 amide bonds. The molecule has 2 aromatic rings. The fraction of sp³-hybridized carbons (Fsp3) is 0.118. The zero-order chi connectivity index (χ0) is 13.8. The van der Waals surface area contributed by atoms with Gasteiger partial charge >= 0.3 is 0 Å². The summed E-state index contributed by atoms with van der Waals surface area (Å²) in [5, 5.41) is 6.50. The Labute approximate surface area is 118 Å². The highest BCUT2D eigenvalue weighted by Crippen LogP contribution is 2.31. The normalized spacial score (nSPS) is 17.2. The molecule has 0 saturated heterocycles. The van der Waals surface area contributed by atoms with Gasteiger partial charge in [-0.05, 0) is 35.9 Å². The SMILES string of the molecule is COc1ccc(N2N=CC=CC2c2ccccc2)cc1. The molecule has 2 aromatic carbocycles. The zero-order valence-electron chi connectivity index (χ0n) is 11.3. The van der Waals surface area contributed by atoms with E-state index in [4.69, 9.17) is 4.74 Å². The molecule has 0 radical (unpaired) electrons. The van der Waals surface area contributed by atoms with E-state index in [0.717, 1.165) is 11.4 Å². The Morgan fingerprint density at radius 1 is 1.00 bits per heavy atom. The molecule has 1 unspecified atom stereocenters. The van der Waals surface area contributed by atoms with Crippen molar-refractivity contribution in [2.24, 2.45) is 5.10 Å². The molecule has 0 N–H and O–H groups in total. The molecule has 3 nitrogen and oxygen atoms in total. The van der Waals surface area contributed by atoms with Crippen molar-refractivity contribution in [2.45, 2.75) is 6.04 Å². The van der Waals surface area contributed by atoms with Crippen molar-refractivity contribution in [1.82, 2.24) is 0 Å². The third-order valence-corrected chi connectivity index (χ3v) is 3.31. The minimum atomic E-state index is 0.120. The third kappa shape index (κ3) is 2.43. The molecule has 0 fully saturated rings. The maximum atomic E-state index is 5.20. The Morgan fingerprint density at radius 2 is 1.75 bits per heavy atom. The molecule has 0 bridgehead atoms. The lowest BCUT2D eigenvalue weighted by Crippen LogP contribution is -2.23. The minimum absolute atomic E-state index is 0.120. The van der Waals surface area contributed by atoms with Crippen LogP contribution in [0.5, 0.6) is 5.75 Å². The molecule has 1 heterocycles. The first-order valence-corrected chi connectivity index (χ1v) is 6.57. The summed E-state index contributed by atoms with van der Waals surface area (Å²) in [5.74, 6) is 0.849. The van der Waals surface area contributed by atoms with Gasteiger partial charge in [0.25, 0.3) is 0 Å². The Bertz CT molecular complexity index is 617. The molecule has 1 atom stereocenters. The summed E-state index contributed by atoms with van der Waals surface area (Å²) in [7, 11) is 1.67. The second-order valence-corrected chi connectivity index (χ2v) is 4.55.